The first-order chi connectivity index (χ1) is 30.7. The molecule has 12 rings (SSSR count). The van der Waals surface area contributed by atoms with Crippen LogP contribution >= 0.6 is 0 Å². The largest absolute Gasteiger partial charge is 0.456 e. The first kappa shape index (κ1) is 35.5. The molecule has 0 saturated carbocycles. The molecule has 0 aliphatic rings. The summed E-state index contributed by atoms with van der Waals surface area (Å²) in [5, 5.41) is 4.43. The molecule has 0 amide bonds. The normalized spacial score (nSPS) is 11.5. The fraction of sp³-hybridized carbons (Fsp3) is 0. The molecule has 5 nitrogen and oxygen atoms in total. The zero-order valence-electron chi connectivity index (χ0n) is 33.5. The van der Waals surface area contributed by atoms with Gasteiger partial charge in [0.15, 0.2) is 17.5 Å². The first-order valence-electron chi connectivity index (χ1n) is 20.8. The third-order valence-corrected chi connectivity index (χ3v) is 11.8. The lowest BCUT2D eigenvalue weighted by Crippen LogP contribution is -2.04. The minimum Gasteiger partial charge on any atom is -0.456 e. The lowest BCUT2D eigenvalue weighted by atomic mass is 9.92. The maximum atomic E-state index is 6.52. The Hall–Kier alpha value is -8.41. The van der Waals surface area contributed by atoms with E-state index < -0.39 is 0 Å². The molecule has 0 aliphatic carbocycles. The maximum Gasteiger partial charge on any atom is 0.166 e. The summed E-state index contributed by atoms with van der Waals surface area (Å²) in [4.78, 5) is 15.8. The Morgan fingerprint density at radius 2 is 0.823 bits per heavy atom. The molecule has 62 heavy (non-hydrogen) atoms. The molecular formula is C57H36N4O. The highest BCUT2D eigenvalue weighted by Gasteiger charge is 2.23. The standard InChI is InChI=1S/C57H36N4O/c1-5-17-37(18-6-1)42-33-43(38-19-7-2-8-20-38)35-44(34-42)41-29-31-50(48(36-41)57-59-55(39-21-9-3-10-22-39)58-56(60-57)40-23-11-4-12-24-40)61-49-27-15-13-25-45(49)46-30-32-52-53(54(46)61)47-26-14-16-28-51(47)62-52/h1-36H. The summed E-state index contributed by atoms with van der Waals surface area (Å²) in [6.07, 6.45) is 0. The minimum absolute atomic E-state index is 0.576. The van der Waals surface area contributed by atoms with Crippen molar-refractivity contribution in [2.75, 3.05) is 0 Å². The van der Waals surface area contributed by atoms with Gasteiger partial charge in [-0.05, 0) is 88.0 Å². The maximum absolute atomic E-state index is 6.52. The van der Waals surface area contributed by atoms with Crippen molar-refractivity contribution in [3.05, 3.63) is 218 Å². The van der Waals surface area contributed by atoms with Crippen molar-refractivity contribution in [3.8, 4) is 73.2 Å². The average molecular weight is 793 g/mol. The molecule has 0 fully saturated rings. The number of furan rings is 1. The highest BCUT2D eigenvalue weighted by atomic mass is 16.3. The third kappa shape index (κ3) is 6.06. The van der Waals surface area contributed by atoms with E-state index in [2.05, 4.69) is 174 Å². The number of benzene rings is 9. The van der Waals surface area contributed by atoms with E-state index in [1.807, 2.05) is 48.5 Å². The predicted molar refractivity (Wildman–Crippen MR) is 254 cm³/mol. The minimum atomic E-state index is 0.576. The van der Waals surface area contributed by atoms with E-state index in [9.17, 15) is 0 Å². The lowest BCUT2D eigenvalue weighted by Gasteiger charge is -2.17. The van der Waals surface area contributed by atoms with Gasteiger partial charge in [-0.25, -0.2) is 15.0 Å². The van der Waals surface area contributed by atoms with Crippen LogP contribution < -0.4 is 0 Å². The van der Waals surface area contributed by atoms with Crippen LogP contribution in [0.2, 0.25) is 0 Å². The predicted octanol–water partition coefficient (Wildman–Crippen LogP) is 14.9. The molecule has 0 aliphatic heterocycles. The lowest BCUT2D eigenvalue weighted by molar-refractivity contribution is 0.669. The van der Waals surface area contributed by atoms with E-state index in [1.165, 1.54) is 0 Å². The molecule has 0 unspecified atom stereocenters. The molecule has 290 valence electrons. The molecule has 0 radical (unpaired) electrons. The van der Waals surface area contributed by atoms with Crippen LogP contribution in [0, 0.1) is 0 Å². The van der Waals surface area contributed by atoms with E-state index >= 15 is 0 Å². The number of hydrogen-bond acceptors (Lipinski definition) is 4. The van der Waals surface area contributed by atoms with Crippen LogP contribution in [0.25, 0.3) is 117 Å². The van der Waals surface area contributed by atoms with Crippen molar-refractivity contribution < 1.29 is 4.42 Å². The van der Waals surface area contributed by atoms with Gasteiger partial charge in [-0.15, -0.1) is 0 Å². The quantitative estimate of drug-likeness (QED) is 0.161. The van der Waals surface area contributed by atoms with Gasteiger partial charge in [-0.1, -0.05) is 164 Å². The Morgan fingerprint density at radius 1 is 0.323 bits per heavy atom. The summed E-state index contributed by atoms with van der Waals surface area (Å²) in [5.41, 5.74) is 14.2. The smallest absolute Gasteiger partial charge is 0.166 e. The molecule has 0 bridgehead atoms. The van der Waals surface area contributed by atoms with Crippen molar-refractivity contribution in [2.45, 2.75) is 0 Å². The molecule has 9 aromatic carbocycles. The molecule has 5 heteroatoms. The van der Waals surface area contributed by atoms with Crippen molar-refractivity contribution >= 4 is 43.7 Å². The molecule has 12 aromatic rings. The second-order valence-corrected chi connectivity index (χ2v) is 15.6. The van der Waals surface area contributed by atoms with E-state index in [0.29, 0.717) is 17.5 Å². The fourth-order valence-electron chi connectivity index (χ4n) is 8.92. The van der Waals surface area contributed by atoms with Gasteiger partial charge in [-0.2, -0.15) is 0 Å². The fourth-order valence-corrected chi connectivity index (χ4v) is 8.92. The van der Waals surface area contributed by atoms with Gasteiger partial charge in [0, 0.05) is 32.8 Å². The zero-order chi connectivity index (χ0) is 41.0. The number of hydrogen-bond donors (Lipinski definition) is 0. The topological polar surface area (TPSA) is 56.7 Å². The Bertz CT molecular complexity index is 3500. The monoisotopic (exact) mass is 792 g/mol. The van der Waals surface area contributed by atoms with Crippen molar-refractivity contribution in [1.29, 1.82) is 0 Å². The van der Waals surface area contributed by atoms with Crippen LogP contribution in [0.4, 0.5) is 0 Å². The van der Waals surface area contributed by atoms with Crippen molar-refractivity contribution in [3.63, 3.8) is 0 Å². The van der Waals surface area contributed by atoms with Gasteiger partial charge in [0.1, 0.15) is 11.2 Å². The van der Waals surface area contributed by atoms with Gasteiger partial charge in [0.2, 0.25) is 0 Å². The Labute approximate surface area is 357 Å². The summed E-state index contributed by atoms with van der Waals surface area (Å²) in [5.74, 6) is 1.79. The van der Waals surface area contributed by atoms with Gasteiger partial charge in [0.25, 0.3) is 0 Å². The SMILES string of the molecule is c1ccc(-c2cc(-c3ccccc3)cc(-c3ccc(-n4c5ccccc5c5ccc6oc7ccccc7c6c54)c(-c4nc(-c5ccccc5)nc(-c5ccccc5)n4)c3)c2)cc1. The van der Waals surface area contributed by atoms with Gasteiger partial charge in [0.05, 0.1) is 22.1 Å². The van der Waals surface area contributed by atoms with E-state index in [-0.39, 0.29) is 0 Å². The summed E-state index contributed by atoms with van der Waals surface area (Å²) in [6.45, 7) is 0. The van der Waals surface area contributed by atoms with Crippen molar-refractivity contribution in [2.24, 2.45) is 0 Å². The van der Waals surface area contributed by atoms with Crippen LogP contribution in [0.5, 0.6) is 0 Å². The first-order valence-corrected chi connectivity index (χ1v) is 20.8. The molecule has 3 aromatic heterocycles. The molecule has 3 heterocycles. The van der Waals surface area contributed by atoms with Gasteiger partial charge < -0.3 is 8.98 Å². The summed E-state index contributed by atoms with van der Waals surface area (Å²) < 4.78 is 8.90. The van der Waals surface area contributed by atoms with E-state index in [0.717, 1.165) is 99.5 Å². The highest BCUT2D eigenvalue weighted by molar-refractivity contribution is 6.24. The molecule has 0 saturated heterocycles. The number of nitrogens with zero attached hydrogens (tertiary/aromatic N) is 4. The van der Waals surface area contributed by atoms with Crippen LogP contribution in [-0.4, -0.2) is 19.5 Å². The number of para-hydroxylation sites is 2. The summed E-state index contributed by atoms with van der Waals surface area (Å²) in [7, 11) is 0. The zero-order valence-corrected chi connectivity index (χ0v) is 33.5. The second kappa shape index (κ2) is 14.7. The third-order valence-electron chi connectivity index (χ3n) is 11.8. The van der Waals surface area contributed by atoms with Crippen LogP contribution in [0.15, 0.2) is 223 Å². The van der Waals surface area contributed by atoms with Crippen LogP contribution in [-0.2, 0) is 0 Å². The Morgan fingerprint density at radius 3 is 1.44 bits per heavy atom. The van der Waals surface area contributed by atoms with Gasteiger partial charge >= 0.3 is 0 Å². The van der Waals surface area contributed by atoms with E-state index in [4.69, 9.17) is 19.4 Å². The van der Waals surface area contributed by atoms with Crippen LogP contribution in [0.3, 0.4) is 0 Å². The second-order valence-electron chi connectivity index (χ2n) is 15.6. The average Bonchev–Trinajstić information content (AvgIpc) is 3.90. The Balaban J connectivity index is 1.19. The Kier molecular flexibility index (Phi) is 8.42. The number of fused-ring (bicyclic) bond motifs is 7. The van der Waals surface area contributed by atoms with E-state index in [1.54, 1.807) is 0 Å². The van der Waals surface area contributed by atoms with Gasteiger partial charge in [-0.3, -0.25) is 0 Å². The highest BCUT2D eigenvalue weighted by Crippen LogP contribution is 2.44. The molecule has 0 N–H and O–H groups in total. The van der Waals surface area contributed by atoms with Crippen LogP contribution in [0.1, 0.15) is 0 Å². The summed E-state index contributed by atoms with van der Waals surface area (Å²) in [6, 6.07) is 76.4. The number of aromatic nitrogens is 4. The van der Waals surface area contributed by atoms with Crippen molar-refractivity contribution in [1.82, 2.24) is 19.5 Å². The summed E-state index contributed by atoms with van der Waals surface area (Å²) >= 11 is 0. The molecular weight excluding hydrogens is 757 g/mol. The molecule has 0 atom stereocenters. The number of rotatable bonds is 7. The molecule has 0 spiro atoms.